The van der Waals surface area contributed by atoms with Crippen LogP contribution in [-0.2, 0) is 9.53 Å². The number of hydrogen-bond donors (Lipinski definition) is 1. The molecule has 2 heterocycles. The number of ether oxygens (including phenoxy) is 1. The molecule has 2 N–H and O–H groups in total. The van der Waals surface area contributed by atoms with Gasteiger partial charge in [-0.05, 0) is 38.6 Å². The first-order valence-corrected chi connectivity index (χ1v) is 7.41. The van der Waals surface area contributed by atoms with E-state index in [1.807, 2.05) is 0 Å². The summed E-state index contributed by atoms with van der Waals surface area (Å²) in [5.74, 6) is 0.551. The minimum atomic E-state index is -0.121. The monoisotopic (exact) mass is 250 g/mol. The van der Waals surface area contributed by atoms with Crippen molar-refractivity contribution in [2.75, 3.05) is 13.2 Å². The van der Waals surface area contributed by atoms with E-state index in [1.165, 1.54) is 25.7 Å². The van der Waals surface area contributed by atoms with Crippen molar-refractivity contribution in [3.05, 3.63) is 0 Å². The number of likely N-dealkylation sites (tertiary alicyclic amines) is 1. The van der Waals surface area contributed by atoms with Gasteiger partial charge in [-0.25, -0.2) is 0 Å². The topological polar surface area (TPSA) is 55.6 Å². The van der Waals surface area contributed by atoms with Gasteiger partial charge in [0.05, 0.1) is 12.1 Å². The number of amides is 1. The highest BCUT2D eigenvalue weighted by molar-refractivity contribution is 5.80. The molecule has 4 unspecified atom stereocenters. The van der Waals surface area contributed by atoms with Crippen LogP contribution >= 0.6 is 0 Å². The minimum absolute atomic E-state index is 0.00553. The van der Waals surface area contributed by atoms with Crippen molar-refractivity contribution in [2.24, 2.45) is 17.1 Å². The summed E-state index contributed by atoms with van der Waals surface area (Å²) in [5, 5.41) is 0. The predicted molar refractivity (Wildman–Crippen MR) is 66.8 cm³/mol. The number of rotatable bonds is 2. The number of carbonyl (C=O) groups is 1. The second kappa shape index (κ2) is 3.70. The highest BCUT2D eigenvalue weighted by Crippen LogP contribution is 2.65. The third kappa shape index (κ3) is 1.21. The number of carbonyl (C=O) groups excluding carboxylic acids is 1. The van der Waals surface area contributed by atoms with Gasteiger partial charge in [-0.2, -0.15) is 0 Å². The molecule has 4 fully saturated rings. The molecule has 4 rings (SSSR count). The summed E-state index contributed by atoms with van der Waals surface area (Å²) in [5.41, 5.74) is 5.97. The molecule has 1 spiro atoms. The molecule has 0 aromatic heterocycles. The molecule has 0 aromatic rings. The van der Waals surface area contributed by atoms with E-state index in [0.29, 0.717) is 23.5 Å². The highest BCUT2D eigenvalue weighted by Gasteiger charge is 2.68. The van der Waals surface area contributed by atoms with Crippen molar-refractivity contribution in [2.45, 2.75) is 56.7 Å². The molecule has 2 saturated carbocycles. The molecular formula is C14H22N2O2. The lowest BCUT2D eigenvalue weighted by Crippen LogP contribution is -2.72. The fourth-order valence-electron chi connectivity index (χ4n) is 5.17. The Kier molecular flexibility index (Phi) is 2.31. The maximum atomic E-state index is 11.6. The lowest BCUT2D eigenvalue weighted by atomic mass is 9.46. The summed E-state index contributed by atoms with van der Waals surface area (Å²) in [6.45, 7) is 1.98. The Morgan fingerprint density at radius 3 is 2.78 bits per heavy atom. The maximum Gasteiger partial charge on any atom is 0.234 e. The third-order valence-corrected chi connectivity index (χ3v) is 5.96. The zero-order chi connectivity index (χ0) is 12.3. The smallest absolute Gasteiger partial charge is 0.234 e. The van der Waals surface area contributed by atoms with Crippen LogP contribution in [0, 0.1) is 11.3 Å². The Bertz CT molecular complexity index is 380. The van der Waals surface area contributed by atoms with Crippen molar-refractivity contribution in [1.82, 2.24) is 4.90 Å². The number of fused-ring (bicyclic) bond motifs is 2. The molecule has 0 radical (unpaired) electrons. The normalized spacial score (nSPS) is 45.6. The Labute approximate surface area is 108 Å². The van der Waals surface area contributed by atoms with Crippen LogP contribution in [0.5, 0.6) is 0 Å². The number of nitrogens with zero attached hydrogens (tertiary/aromatic N) is 1. The average molecular weight is 250 g/mol. The quantitative estimate of drug-likeness (QED) is 0.792. The second-order valence-electron chi connectivity index (χ2n) is 6.57. The zero-order valence-electron chi connectivity index (χ0n) is 10.8. The molecule has 4 atom stereocenters. The van der Waals surface area contributed by atoms with E-state index in [-0.39, 0.29) is 11.9 Å². The maximum absolute atomic E-state index is 11.6. The Hall–Kier alpha value is -0.610. The van der Waals surface area contributed by atoms with Crippen molar-refractivity contribution >= 4 is 5.91 Å². The average Bonchev–Trinajstić information content (AvgIpc) is 2.85. The summed E-state index contributed by atoms with van der Waals surface area (Å²) < 4.78 is 5.95. The van der Waals surface area contributed by atoms with Gasteiger partial charge in [0, 0.05) is 24.0 Å². The largest absolute Gasteiger partial charge is 0.377 e. The molecule has 2 aliphatic carbocycles. The Morgan fingerprint density at radius 1 is 1.28 bits per heavy atom. The van der Waals surface area contributed by atoms with Gasteiger partial charge in [-0.3, -0.25) is 9.69 Å². The summed E-state index contributed by atoms with van der Waals surface area (Å²) in [6.07, 6.45) is 7.67. The molecule has 2 saturated heterocycles. The van der Waals surface area contributed by atoms with Crippen molar-refractivity contribution in [3.8, 4) is 0 Å². The summed E-state index contributed by atoms with van der Waals surface area (Å²) in [6, 6.07) is 0.577. The molecule has 4 nitrogen and oxygen atoms in total. The molecular weight excluding hydrogens is 228 g/mol. The van der Waals surface area contributed by atoms with Crippen molar-refractivity contribution in [3.63, 3.8) is 0 Å². The van der Waals surface area contributed by atoms with E-state index in [9.17, 15) is 4.79 Å². The van der Waals surface area contributed by atoms with Gasteiger partial charge in [-0.1, -0.05) is 6.42 Å². The van der Waals surface area contributed by atoms with Gasteiger partial charge >= 0.3 is 0 Å². The van der Waals surface area contributed by atoms with Gasteiger partial charge in [0.25, 0.3) is 0 Å². The van der Waals surface area contributed by atoms with E-state index < -0.39 is 0 Å². The predicted octanol–water partition coefficient (Wildman–Crippen LogP) is 0.894. The Balaban J connectivity index is 1.61. The molecule has 4 heteroatoms. The fourth-order valence-corrected chi connectivity index (χ4v) is 5.17. The summed E-state index contributed by atoms with van der Waals surface area (Å²) in [4.78, 5) is 14.1. The molecule has 18 heavy (non-hydrogen) atoms. The standard InChI is InChI=1S/C14H22N2O2/c15-13(17)10-3-1-7-16(10)11-9-4-8-18-12(9)14(11)5-2-6-14/h9-12H,1-8H2,(H2,15,17). The molecule has 0 aromatic carbocycles. The van der Waals surface area contributed by atoms with Crippen LogP contribution in [0.3, 0.4) is 0 Å². The molecule has 4 aliphatic rings. The molecule has 2 aliphatic heterocycles. The van der Waals surface area contributed by atoms with Crippen LogP contribution in [0.15, 0.2) is 0 Å². The zero-order valence-corrected chi connectivity index (χ0v) is 10.8. The van der Waals surface area contributed by atoms with Crippen molar-refractivity contribution < 1.29 is 9.53 Å². The van der Waals surface area contributed by atoms with E-state index in [4.69, 9.17) is 10.5 Å². The van der Waals surface area contributed by atoms with Gasteiger partial charge in [0.1, 0.15) is 0 Å². The van der Waals surface area contributed by atoms with Gasteiger partial charge in [0.2, 0.25) is 5.91 Å². The highest BCUT2D eigenvalue weighted by atomic mass is 16.5. The van der Waals surface area contributed by atoms with Crippen molar-refractivity contribution in [1.29, 1.82) is 0 Å². The van der Waals surface area contributed by atoms with E-state index in [0.717, 1.165) is 26.0 Å². The van der Waals surface area contributed by atoms with E-state index in [2.05, 4.69) is 4.90 Å². The van der Waals surface area contributed by atoms with E-state index >= 15 is 0 Å². The lowest BCUT2D eigenvalue weighted by molar-refractivity contribution is -0.213. The van der Waals surface area contributed by atoms with Gasteiger partial charge in [-0.15, -0.1) is 0 Å². The van der Waals surface area contributed by atoms with Crippen LogP contribution < -0.4 is 5.73 Å². The van der Waals surface area contributed by atoms with Crippen LogP contribution in [0.25, 0.3) is 0 Å². The van der Waals surface area contributed by atoms with Crippen LogP contribution in [-0.4, -0.2) is 42.1 Å². The first-order valence-electron chi connectivity index (χ1n) is 7.41. The molecule has 0 bridgehead atoms. The van der Waals surface area contributed by atoms with Crippen LogP contribution in [0.2, 0.25) is 0 Å². The summed E-state index contributed by atoms with van der Waals surface area (Å²) >= 11 is 0. The van der Waals surface area contributed by atoms with Crippen LogP contribution in [0.4, 0.5) is 0 Å². The van der Waals surface area contributed by atoms with Gasteiger partial charge in [0.15, 0.2) is 0 Å². The fraction of sp³-hybridized carbons (Fsp3) is 0.929. The first-order chi connectivity index (χ1) is 8.74. The minimum Gasteiger partial charge on any atom is -0.377 e. The van der Waals surface area contributed by atoms with Crippen LogP contribution in [0.1, 0.15) is 38.5 Å². The summed E-state index contributed by atoms with van der Waals surface area (Å²) in [7, 11) is 0. The van der Waals surface area contributed by atoms with E-state index in [1.54, 1.807) is 0 Å². The third-order valence-electron chi connectivity index (χ3n) is 5.96. The SMILES string of the molecule is NC(=O)C1CCCN1C1C2CCOC2C12CCC2. The molecule has 100 valence electrons. The first kappa shape index (κ1) is 11.2. The Morgan fingerprint density at radius 2 is 2.11 bits per heavy atom. The molecule has 1 amide bonds. The number of primary amides is 1. The number of nitrogens with two attached hydrogens (primary N) is 1. The lowest BCUT2D eigenvalue weighted by Gasteiger charge is -2.66. The second-order valence-corrected chi connectivity index (χ2v) is 6.57. The van der Waals surface area contributed by atoms with Gasteiger partial charge < -0.3 is 10.5 Å². The number of hydrogen-bond acceptors (Lipinski definition) is 3.